The predicted octanol–water partition coefficient (Wildman–Crippen LogP) is 2.66. The van der Waals surface area contributed by atoms with E-state index in [1.807, 2.05) is 17.5 Å². The molecule has 3 aromatic rings. The number of amides is 2. The standard InChI is InChI=1S/C22H23N5O3S/c28-20(12-19-15-31-22(26-19)16-2-1-7-23-13-16)24-17-3-5-18(6-4-17)25-21(29)14-27-8-10-30-11-9-27/h1-7,13,15H,8-12,14H2,(H,24,28)(H,25,29). The highest BCUT2D eigenvalue weighted by molar-refractivity contribution is 7.13. The SMILES string of the molecule is O=C(Cc1csc(-c2cccnc2)n1)Nc1ccc(NC(=O)CN2CCOCC2)cc1. The smallest absolute Gasteiger partial charge is 0.238 e. The number of benzene rings is 1. The summed E-state index contributed by atoms with van der Waals surface area (Å²) >= 11 is 1.49. The minimum absolute atomic E-state index is 0.0633. The van der Waals surface area contributed by atoms with Crippen molar-refractivity contribution < 1.29 is 14.3 Å². The molecule has 0 atom stereocenters. The lowest BCUT2D eigenvalue weighted by Gasteiger charge is -2.25. The van der Waals surface area contributed by atoms with Crippen molar-refractivity contribution in [3.63, 3.8) is 0 Å². The molecule has 2 N–H and O–H groups in total. The van der Waals surface area contributed by atoms with E-state index in [9.17, 15) is 9.59 Å². The molecule has 1 fully saturated rings. The Labute approximate surface area is 184 Å². The van der Waals surface area contributed by atoms with Crippen LogP contribution in [0.2, 0.25) is 0 Å². The summed E-state index contributed by atoms with van der Waals surface area (Å²) in [5.74, 6) is -0.209. The number of aromatic nitrogens is 2. The molecule has 1 aliphatic heterocycles. The van der Waals surface area contributed by atoms with Crippen molar-refractivity contribution in [2.75, 3.05) is 43.5 Å². The molecule has 8 nitrogen and oxygen atoms in total. The molecule has 0 spiro atoms. The van der Waals surface area contributed by atoms with Gasteiger partial charge in [-0.3, -0.25) is 19.5 Å². The van der Waals surface area contributed by atoms with Crippen LogP contribution in [0, 0.1) is 0 Å². The highest BCUT2D eigenvalue weighted by Crippen LogP contribution is 2.23. The molecule has 1 aliphatic rings. The zero-order chi connectivity index (χ0) is 21.5. The van der Waals surface area contributed by atoms with Gasteiger partial charge in [0, 0.05) is 47.8 Å². The molecule has 2 amide bonds. The Kier molecular flexibility index (Phi) is 6.98. The van der Waals surface area contributed by atoms with E-state index in [4.69, 9.17) is 4.74 Å². The number of morpholine rings is 1. The minimum Gasteiger partial charge on any atom is -0.379 e. The molecule has 1 saturated heterocycles. The summed E-state index contributed by atoms with van der Waals surface area (Å²) in [7, 11) is 0. The molecule has 3 heterocycles. The fraction of sp³-hybridized carbons (Fsp3) is 0.273. The zero-order valence-electron chi connectivity index (χ0n) is 16.9. The second kappa shape index (κ2) is 10.3. The molecule has 31 heavy (non-hydrogen) atoms. The van der Waals surface area contributed by atoms with Gasteiger partial charge in [-0.2, -0.15) is 0 Å². The number of hydrogen-bond donors (Lipinski definition) is 2. The van der Waals surface area contributed by atoms with Gasteiger partial charge in [-0.25, -0.2) is 4.98 Å². The normalized spacial score (nSPS) is 14.2. The van der Waals surface area contributed by atoms with Crippen LogP contribution in [0.4, 0.5) is 11.4 Å². The maximum Gasteiger partial charge on any atom is 0.238 e. The number of nitrogens with one attached hydrogen (secondary N) is 2. The first-order valence-electron chi connectivity index (χ1n) is 10.0. The van der Waals surface area contributed by atoms with E-state index in [2.05, 4.69) is 25.5 Å². The van der Waals surface area contributed by atoms with Crippen LogP contribution in [0.5, 0.6) is 0 Å². The summed E-state index contributed by atoms with van der Waals surface area (Å²) in [6, 6.07) is 10.9. The van der Waals surface area contributed by atoms with E-state index in [1.54, 1.807) is 36.7 Å². The largest absolute Gasteiger partial charge is 0.379 e. The van der Waals surface area contributed by atoms with Gasteiger partial charge in [0.2, 0.25) is 11.8 Å². The summed E-state index contributed by atoms with van der Waals surface area (Å²) < 4.78 is 5.29. The monoisotopic (exact) mass is 437 g/mol. The number of anilines is 2. The van der Waals surface area contributed by atoms with Gasteiger partial charge in [0.25, 0.3) is 0 Å². The number of carbonyl (C=O) groups is 2. The van der Waals surface area contributed by atoms with Crippen LogP contribution in [-0.2, 0) is 20.7 Å². The summed E-state index contributed by atoms with van der Waals surface area (Å²) in [6.45, 7) is 3.19. The van der Waals surface area contributed by atoms with Gasteiger partial charge in [0.1, 0.15) is 5.01 Å². The number of thiazole rings is 1. The van der Waals surface area contributed by atoms with Gasteiger partial charge >= 0.3 is 0 Å². The molecule has 4 rings (SSSR count). The van der Waals surface area contributed by atoms with Crippen molar-refractivity contribution in [3.05, 3.63) is 59.9 Å². The van der Waals surface area contributed by atoms with Crippen LogP contribution < -0.4 is 10.6 Å². The highest BCUT2D eigenvalue weighted by Gasteiger charge is 2.14. The Bertz CT molecular complexity index is 1020. The van der Waals surface area contributed by atoms with Crippen molar-refractivity contribution >= 4 is 34.5 Å². The Morgan fingerprint density at radius 3 is 2.42 bits per heavy atom. The summed E-state index contributed by atoms with van der Waals surface area (Å²) in [5, 5.41) is 8.47. The second-order valence-corrected chi connectivity index (χ2v) is 7.98. The number of carbonyl (C=O) groups excluding carboxylic acids is 2. The molecule has 2 aromatic heterocycles. The quantitative estimate of drug-likeness (QED) is 0.590. The molecule has 160 valence electrons. The highest BCUT2D eigenvalue weighted by atomic mass is 32.1. The van der Waals surface area contributed by atoms with Crippen LogP contribution in [0.1, 0.15) is 5.69 Å². The van der Waals surface area contributed by atoms with Crippen molar-refractivity contribution in [1.29, 1.82) is 0 Å². The van der Waals surface area contributed by atoms with Crippen molar-refractivity contribution in [2.45, 2.75) is 6.42 Å². The van der Waals surface area contributed by atoms with Crippen molar-refractivity contribution in [3.8, 4) is 10.6 Å². The number of nitrogens with zero attached hydrogens (tertiary/aromatic N) is 3. The van der Waals surface area contributed by atoms with Crippen LogP contribution in [0.25, 0.3) is 10.6 Å². The third-order valence-electron chi connectivity index (χ3n) is 4.73. The van der Waals surface area contributed by atoms with E-state index >= 15 is 0 Å². The van der Waals surface area contributed by atoms with Gasteiger partial charge in [0.15, 0.2) is 0 Å². The first-order valence-corrected chi connectivity index (χ1v) is 10.9. The Morgan fingerprint density at radius 1 is 1.03 bits per heavy atom. The minimum atomic E-state index is -0.146. The first kappa shape index (κ1) is 21.1. The van der Waals surface area contributed by atoms with Crippen LogP contribution in [0.3, 0.4) is 0 Å². The average Bonchev–Trinajstić information content (AvgIpc) is 3.25. The van der Waals surface area contributed by atoms with Gasteiger partial charge in [-0.1, -0.05) is 0 Å². The third-order valence-corrected chi connectivity index (χ3v) is 5.67. The van der Waals surface area contributed by atoms with Crippen molar-refractivity contribution in [1.82, 2.24) is 14.9 Å². The zero-order valence-corrected chi connectivity index (χ0v) is 17.7. The van der Waals surface area contributed by atoms with Gasteiger partial charge < -0.3 is 15.4 Å². The average molecular weight is 438 g/mol. The molecule has 0 radical (unpaired) electrons. The molecule has 0 bridgehead atoms. The lowest BCUT2D eigenvalue weighted by Crippen LogP contribution is -2.41. The number of rotatable bonds is 7. The van der Waals surface area contributed by atoms with E-state index in [0.29, 0.717) is 36.8 Å². The summed E-state index contributed by atoms with van der Waals surface area (Å²) in [5.41, 5.74) is 3.01. The molecular formula is C22H23N5O3S. The number of ether oxygens (including phenoxy) is 1. The summed E-state index contributed by atoms with van der Waals surface area (Å²) in [4.78, 5) is 35.2. The van der Waals surface area contributed by atoms with Crippen LogP contribution >= 0.6 is 11.3 Å². The molecule has 0 unspecified atom stereocenters. The molecule has 0 aliphatic carbocycles. The predicted molar refractivity (Wildman–Crippen MR) is 120 cm³/mol. The number of hydrogen-bond acceptors (Lipinski definition) is 7. The topological polar surface area (TPSA) is 96.4 Å². The van der Waals surface area contributed by atoms with E-state index < -0.39 is 0 Å². The fourth-order valence-corrected chi connectivity index (χ4v) is 3.99. The van der Waals surface area contributed by atoms with E-state index in [0.717, 1.165) is 23.7 Å². The maximum absolute atomic E-state index is 12.4. The third kappa shape index (κ3) is 6.17. The molecule has 9 heteroatoms. The Balaban J connectivity index is 1.26. The lowest BCUT2D eigenvalue weighted by atomic mass is 10.2. The number of pyridine rings is 1. The van der Waals surface area contributed by atoms with Crippen molar-refractivity contribution in [2.24, 2.45) is 0 Å². The Morgan fingerprint density at radius 2 is 1.74 bits per heavy atom. The van der Waals surface area contributed by atoms with Gasteiger partial charge in [-0.15, -0.1) is 11.3 Å². The lowest BCUT2D eigenvalue weighted by molar-refractivity contribution is -0.118. The van der Waals surface area contributed by atoms with E-state index in [1.165, 1.54) is 11.3 Å². The molecule has 1 aromatic carbocycles. The van der Waals surface area contributed by atoms with Crippen LogP contribution in [-0.4, -0.2) is 59.5 Å². The Hall–Kier alpha value is -3.14. The first-order chi connectivity index (χ1) is 15.2. The maximum atomic E-state index is 12.4. The molecular weight excluding hydrogens is 414 g/mol. The van der Waals surface area contributed by atoms with Crippen LogP contribution in [0.15, 0.2) is 54.2 Å². The second-order valence-electron chi connectivity index (χ2n) is 7.12. The molecule has 0 saturated carbocycles. The van der Waals surface area contributed by atoms with Gasteiger partial charge in [-0.05, 0) is 36.4 Å². The van der Waals surface area contributed by atoms with Gasteiger partial charge in [0.05, 0.1) is 31.9 Å². The fourth-order valence-electron chi connectivity index (χ4n) is 3.18. The summed E-state index contributed by atoms with van der Waals surface area (Å²) in [6.07, 6.45) is 3.66. The van der Waals surface area contributed by atoms with E-state index in [-0.39, 0.29) is 18.2 Å².